The molecular formula is C13H17N3O2. The van der Waals surface area contributed by atoms with Crippen molar-refractivity contribution >= 4 is 0 Å². The fraction of sp³-hybridized carbons (Fsp3) is 0.385. The zero-order valence-electron chi connectivity index (χ0n) is 11.0. The summed E-state index contributed by atoms with van der Waals surface area (Å²) in [4.78, 5) is 0. The number of methoxy groups -OCH3 is 2. The number of aromatic amines is 1. The summed E-state index contributed by atoms with van der Waals surface area (Å²) in [7, 11) is 3.30. The Kier molecular flexibility index (Phi) is 3.50. The summed E-state index contributed by atoms with van der Waals surface area (Å²) in [6.07, 6.45) is 1.74. The first-order valence-corrected chi connectivity index (χ1v) is 5.80. The van der Waals surface area contributed by atoms with Crippen LogP contribution in [-0.4, -0.2) is 29.6 Å². The van der Waals surface area contributed by atoms with Crippen molar-refractivity contribution in [2.24, 2.45) is 0 Å². The van der Waals surface area contributed by atoms with Crippen molar-refractivity contribution in [3.05, 3.63) is 23.9 Å². The molecule has 1 aromatic carbocycles. The van der Waals surface area contributed by atoms with Crippen molar-refractivity contribution in [1.82, 2.24) is 15.4 Å². The van der Waals surface area contributed by atoms with Gasteiger partial charge in [-0.2, -0.15) is 0 Å². The van der Waals surface area contributed by atoms with Gasteiger partial charge in [0, 0.05) is 11.6 Å². The standard InChI is InChI=1S/C13H17N3O2/c1-8(2)9-5-10(11-7-14-16-15-11)13(18-4)6-12(9)17-3/h5-8H,1-4H3,(H,14,15,16). The van der Waals surface area contributed by atoms with Crippen LogP contribution in [0.25, 0.3) is 11.3 Å². The minimum absolute atomic E-state index is 0.358. The topological polar surface area (TPSA) is 60.0 Å². The minimum Gasteiger partial charge on any atom is -0.496 e. The van der Waals surface area contributed by atoms with E-state index >= 15 is 0 Å². The number of hydrogen-bond donors (Lipinski definition) is 1. The number of ether oxygens (including phenoxy) is 2. The molecule has 96 valence electrons. The number of H-pyrrole nitrogens is 1. The summed E-state index contributed by atoms with van der Waals surface area (Å²) >= 11 is 0. The quantitative estimate of drug-likeness (QED) is 0.902. The SMILES string of the molecule is COc1cc(OC)c(C(C)C)cc1-c1c[nH]nn1. The van der Waals surface area contributed by atoms with E-state index in [0.717, 1.165) is 28.3 Å². The van der Waals surface area contributed by atoms with Crippen LogP contribution < -0.4 is 9.47 Å². The van der Waals surface area contributed by atoms with Crippen LogP contribution in [0, 0.1) is 0 Å². The molecule has 0 fully saturated rings. The van der Waals surface area contributed by atoms with Crippen LogP contribution >= 0.6 is 0 Å². The zero-order valence-corrected chi connectivity index (χ0v) is 11.0. The van der Waals surface area contributed by atoms with E-state index in [1.54, 1.807) is 20.4 Å². The van der Waals surface area contributed by atoms with E-state index in [1.165, 1.54) is 0 Å². The summed E-state index contributed by atoms with van der Waals surface area (Å²) in [5, 5.41) is 10.5. The van der Waals surface area contributed by atoms with Crippen LogP contribution in [0.5, 0.6) is 11.5 Å². The molecule has 5 nitrogen and oxygen atoms in total. The lowest BCUT2D eigenvalue weighted by Gasteiger charge is -2.15. The van der Waals surface area contributed by atoms with E-state index in [2.05, 4.69) is 29.3 Å². The van der Waals surface area contributed by atoms with Crippen LogP contribution in [0.15, 0.2) is 18.3 Å². The van der Waals surface area contributed by atoms with Crippen LogP contribution in [0.4, 0.5) is 0 Å². The van der Waals surface area contributed by atoms with Gasteiger partial charge in [0.15, 0.2) is 0 Å². The Morgan fingerprint density at radius 2 is 1.83 bits per heavy atom. The molecule has 1 aromatic heterocycles. The first-order chi connectivity index (χ1) is 8.67. The molecule has 0 aliphatic heterocycles. The number of rotatable bonds is 4. The largest absolute Gasteiger partial charge is 0.496 e. The van der Waals surface area contributed by atoms with Gasteiger partial charge in [0.05, 0.1) is 20.4 Å². The van der Waals surface area contributed by atoms with Crippen molar-refractivity contribution in [1.29, 1.82) is 0 Å². The Morgan fingerprint density at radius 1 is 1.11 bits per heavy atom. The first kappa shape index (κ1) is 12.4. The van der Waals surface area contributed by atoms with Crippen molar-refractivity contribution in [3.8, 4) is 22.8 Å². The summed E-state index contributed by atoms with van der Waals surface area (Å²) in [5.41, 5.74) is 2.79. The Morgan fingerprint density at radius 3 is 2.33 bits per heavy atom. The Hall–Kier alpha value is -2.04. The third kappa shape index (κ3) is 2.16. The lowest BCUT2D eigenvalue weighted by molar-refractivity contribution is 0.390. The first-order valence-electron chi connectivity index (χ1n) is 5.80. The average molecular weight is 247 g/mol. The highest BCUT2D eigenvalue weighted by molar-refractivity contribution is 5.69. The van der Waals surface area contributed by atoms with E-state index < -0.39 is 0 Å². The normalized spacial score (nSPS) is 10.7. The maximum Gasteiger partial charge on any atom is 0.132 e. The van der Waals surface area contributed by atoms with Crippen LogP contribution in [0.1, 0.15) is 25.3 Å². The molecular weight excluding hydrogens is 230 g/mol. The number of nitrogens with zero attached hydrogens (tertiary/aromatic N) is 2. The highest BCUT2D eigenvalue weighted by Gasteiger charge is 2.16. The lowest BCUT2D eigenvalue weighted by atomic mass is 9.98. The van der Waals surface area contributed by atoms with Crippen molar-refractivity contribution < 1.29 is 9.47 Å². The van der Waals surface area contributed by atoms with Gasteiger partial charge in [0.25, 0.3) is 0 Å². The van der Waals surface area contributed by atoms with Crippen LogP contribution in [0.2, 0.25) is 0 Å². The van der Waals surface area contributed by atoms with Crippen molar-refractivity contribution in [2.45, 2.75) is 19.8 Å². The molecule has 0 aliphatic carbocycles. The maximum atomic E-state index is 5.40. The van der Waals surface area contributed by atoms with E-state index in [4.69, 9.17) is 9.47 Å². The van der Waals surface area contributed by atoms with Gasteiger partial charge in [-0.05, 0) is 17.5 Å². The highest BCUT2D eigenvalue weighted by Crippen LogP contribution is 2.37. The molecule has 2 rings (SSSR count). The van der Waals surface area contributed by atoms with Crippen LogP contribution in [0.3, 0.4) is 0 Å². The Bertz CT molecular complexity index is 521. The van der Waals surface area contributed by atoms with Gasteiger partial charge < -0.3 is 9.47 Å². The Balaban J connectivity index is 2.61. The molecule has 2 aromatic rings. The fourth-order valence-electron chi connectivity index (χ4n) is 1.91. The van der Waals surface area contributed by atoms with Gasteiger partial charge in [-0.25, -0.2) is 0 Å². The average Bonchev–Trinajstić information content (AvgIpc) is 2.90. The second kappa shape index (κ2) is 5.08. The summed E-state index contributed by atoms with van der Waals surface area (Å²) in [5.74, 6) is 1.91. The van der Waals surface area contributed by atoms with Gasteiger partial charge in [0.1, 0.15) is 17.2 Å². The molecule has 0 saturated heterocycles. The summed E-state index contributed by atoms with van der Waals surface area (Å²) in [6.45, 7) is 4.24. The predicted molar refractivity (Wildman–Crippen MR) is 69.0 cm³/mol. The van der Waals surface area contributed by atoms with Crippen molar-refractivity contribution in [2.75, 3.05) is 14.2 Å². The fourth-order valence-corrected chi connectivity index (χ4v) is 1.91. The molecule has 1 N–H and O–H groups in total. The monoisotopic (exact) mass is 247 g/mol. The van der Waals surface area contributed by atoms with Gasteiger partial charge in [0.2, 0.25) is 0 Å². The molecule has 1 heterocycles. The van der Waals surface area contributed by atoms with Gasteiger partial charge >= 0.3 is 0 Å². The number of nitrogens with one attached hydrogen (secondary N) is 1. The molecule has 0 atom stereocenters. The molecule has 0 aliphatic rings. The number of aromatic nitrogens is 3. The van der Waals surface area contributed by atoms with Crippen LogP contribution in [-0.2, 0) is 0 Å². The summed E-state index contributed by atoms with van der Waals surface area (Å²) in [6, 6.07) is 3.93. The molecule has 5 heteroatoms. The Labute approximate surface area is 106 Å². The third-order valence-electron chi connectivity index (χ3n) is 2.87. The molecule has 0 spiro atoms. The number of benzene rings is 1. The maximum absolute atomic E-state index is 5.40. The molecule has 0 amide bonds. The van der Waals surface area contributed by atoms with E-state index in [9.17, 15) is 0 Å². The van der Waals surface area contributed by atoms with Gasteiger partial charge in [-0.3, -0.25) is 5.10 Å². The molecule has 0 radical (unpaired) electrons. The molecule has 18 heavy (non-hydrogen) atoms. The molecule has 0 bridgehead atoms. The number of hydrogen-bond acceptors (Lipinski definition) is 4. The third-order valence-corrected chi connectivity index (χ3v) is 2.87. The summed E-state index contributed by atoms with van der Waals surface area (Å²) < 4.78 is 10.8. The smallest absolute Gasteiger partial charge is 0.132 e. The molecule has 0 unspecified atom stereocenters. The van der Waals surface area contributed by atoms with E-state index in [1.807, 2.05) is 12.1 Å². The van der Waals surface area contributed by atoms with Gasteiger partial charge in [-0.1, -0.05) is 19.1 Å². The predicted octanol–water partition coefficient (Wildman–Crippen LogP) is 2.61. The second-order valence-corrected chi connectivity index (χ2v) is 4.31. The van der Waals surface area contributed by atoms with Gasteiger partial charge in [-0.15, -0.1) is 5.10 Å². The van der Waals surface area contributed by atoms with E-state index in [0.29, 0.717) is 5.92 Å². The minimum atomic E-state index is 0.358. The highest BCUT2D eigenvalue weighted by atomic mass is 16.5. The lowest BCUT2D eigenvalue weighted by Crippen LogP contribution is -1.98. The zero-order chi connectivity index (χ0) is 13.1. The molecule has 0 saturated carbocycles. The van der Waals surface area contributed by atoms with Crippen molar-refractivity contribution in [3.63, 3.8) is 0 Å². The second-order valence-electron chi connectivity index (χ2n) is 4.31. The van der Waals surface area contributed by atoms with E-state index in [-0.39, 0.29) is 0 Å².